The molecule has 1 amide bonds. The molecule has 0 radical (unpaired) electrons. The van der Waals surface area contributed by atoms with Crippen LogP contribution in [-0.2, 0) is 10.2 Å². The molecule has 0 heterocycles. The van der Waals surface area contributed by atoms with Gasteiger partial charge in [0, 0.05) is 12.0 Å². The van der Waals surface area contributed by atoms with E-state index in [1.54, 1.807) is 6.92 Å². The third-order valence-electron chi connectivity index (χ3n) is 4.28. The number of nitrogens with one attached hydrogen (secondary N) is 1. The van der Waals surface area contributed by atoms with Crippen LogP contribution in [0, 0.1) is 5.82 Å². The number of amides is 1. The van der Waals surface area contributed by atoms with E-state index in [4.69, 9.17) is 5.73 Å². The Morgan fingerprint density at radius 3 is 2.38 bits per heavy atom. The molecule has 0 saturated heterocycles. The summed E-state index contributed by atoms with van der Waals surface area (Å²) >= 11 is 0. The van der Waals surface area contributed by atoms with Gasteiger partial charge in [-0.15, -0.1) is 12.4 Å². The Morgan fingerprint density at radius 2 is 1.86 bits per heavy atom. The lowest BCUT2D eigenvalue weighted by atomic mass is 9.69. The van der Waals surface area contributed by atoms with Gasteiger partial charge in [-0.1, -0.05) is 31.4 Å². The lowest BCUT2D eigenvalue weighted by Gasteiger charge is -2.38. The molecule has 0 aliphatic heterocycles. The van der Waals surface area contributed by atoms with E-state index < -0.39 is 6.04 Å². The van der Waals surface area contributed by atoms with Gasteiger partial charge in [-0.3, -0.25) is 4.79 Å². The Hall–Kier alpha value is -1.13. The van der Waals surface area contributed by atoms with Gasteiger partial charge < -0.3 is 11.1 Å². The van der Waals surface area contributed by atoms with Gasteiger partial charge in [0.1, 0.15) is 5.82 Å². The number of benzene rings is 1. The summed E-state index contributed by atoms with van der Waals surface area (Å²) < 4.78 is 13.1. The van der Waals surface area contributed by atoms with E-state index in [1.165, 1.54) is 18.6 Å². The first-order valence-corrected chi connectivity index (χ1v) is 7.33. The molecule has 118 valence electrons. The smallest absolute Gasteiger partial charge is 0.236 e. The molecule has 3 N–H and O–H groups in total. The Labute approximate surface area is 131 Å². The summed E-state index contributed by atoms with van der Waals surface area (Å²) in [6.07, 6.45) is 5.57. The third kappa shape index (κ3) is 4.42. The van der Waals surface area contributed by atoms with Gasteiger partial charge in [0.15, 0.2) is 0 Å². The standard InChI is InChI=1S/C16H23FN2O.ClH/c1-12(18)15(20)19-11-16(9-3-2-4-10-16)13-5-7-14(17)8-6-13;/h5-8,12H,2-4,9-11,18H2,1H3,(H,19,20);1H/t12-;/m0./s1. The molecule has 1 saturated carbocycles. The van der Waals surface area contributed by atoms with E-state index in [0.717, 1.165) is 31.2 Å². The first-order valence-electron chi connectivity index (χ1n) is 7.33. The molecule has 1 fully saturated rings. The van der Waals surface area contributed by atoms with Crippen molar-refractivity contribution in [2.45, 2.75) is 50.5 Å². The Morgan fingerprint density at radius 1 is 1.29 bits per heavy atom. The zero-order chi connectivity index (χ0) is 14.6. The van der Waals surface area contributed by atoms with Crippen LogP contribution < -0.4 is 11.1 Å². The fourth-order valence-electron chi connectivity index (χ4n) is 3.02. The minimum Gasteiger partial charge on any atom is -0.354 e. The summed E-state index contributed by atoms with van der Waals surface area (Å²) in [4.78, 5) is 11.7. The summed E-state index contributed by atoms with van der Waals surface area (Å²) in [5, 5.41) is 2.95. The van der Waals surface area contributed by atoms with Crippen molar-refractivity contribution < 1.29 is 9.18 Å². The molecule has 1 aliphatic rings. The van der Waals surface area contributed by atoms with Crippen LogP contribution in [0.4, 0.5) is 4.39 Å². The zero-order valence-corrected chi connectivity index (χ0v) is 13.2. The molecule has 0 aromatic heterocycles. The van der Waals surface area contributed by atoms with Crippen LogP contribution in [0.3, 0.4) is 0 Å². The number of halogens is 2. The fraction of sp³-hybridized carbons (Fsp3) is 0.562. The maximum atomic E-state index is 13.1. The number of rotatable bonds is 4. The van der Waals surface area contributed by atoms with Crippen molar-refractivity contribution in [3.8, 4) is 0 Å². The summed E-state index contributed by atoms with van der Waals surface area (Å²) in [7, 11) is 0. The van der Waals surface area contributed by atoms with Gasteiger partial charge in [0.25, 0.3) is 0 Å². The topological polar surface area (TPSA) is 55.1 Å². The molecule has 21 heavy (non-hydrogen) atoms. The molecule has 1 aromatic carbocycles. The average Bonchev–Trinajstić information content (AvgIpc) is 2.46. The van der Waals surface area contributed by atoms with Crippen LogP contribution in [0.25, 0.3) is 0 Å². The summed E-state index contributed by atoms with van der Waals surface area (Å²) in [6.45, 7) is 2.26. The summed E-state index contributed by atoms with van der Waals surface area (Å²) in [6, 6.07) is 6.19. The van der Waals surface area contributed by atoms with E-state index in [1.807, 2.05) is 12.1 Å². The van der Waals surface area contributed by atoms with Crippen LogP contribution in [0.15, 0.2) is 24.3 Å². The minimum atomic E-state index is -0.496. The van der Waals surface area contributed by atoms with Gasteiger partial charge in [0.05, 0.1) is 6.04 Å². The highest BCUT2D eigenvalue weighted by Gasteiger charge is 2.34. The SMILES string of the molecule is C[C@H](N)C(=O)NCC1(c2ccc(F)cc2)CCCCC1.Cl. The van der Waals surface area contributed by atoms with E-state index in [0.29, 0.717) is 6.54 Å². The minimum absolute atomic E-state index is 0. The second kappa shape index (κ2) is 7.76. The highest BCUT2D eigenvalue weighted by molar-refractivity contribution is 5.85. The lowest BCUT2D eigenvalue weighted by molar-refractivity contribution is -0.122. The van der Waals surface area contributed by atoms with Crippen LogP contribution in [0.5, 0.6) is 0 Å². The van der Waals surface area contributed by atoms with E-state index in [2.05, 4.69) is 5.32 Å². The maximum absolute atomic E-state index is 13.1. The van der Waals surface area contributed by atoms with Crippen LogP contribution in [0.1, 0.15) is 44.6 Å². The zero-order valence-electron chi connectivity index (χ0n) is 12.4. The average molecular weight is 315 g/mol. The van der Waals surface area contributed by atoms with Gasteiger partial charge in [-0.2, -0.15) is 0 Å². The Balaban J connectivity index is 0.00000220. The van der Waals surface area contributed by atoms with Crippen molar-refractivity contribution in [2.24, 2.45) is 5.73 Å². The van der Waals surface area contributed by atoms with Crippen molar-refractivity contribution in [1.29, 1.82) is 0 Å². The molecule has 1 atom stereocenters. The van der Waals surface area contributed by atoms with Gasteiger partial charge >= 0.3 is 0 Å². The predicted octanol–water partition coefficient (Wildman–Crippen LogP) is 2.91. The van der Waals surface area contributed by atoms with E-state index in [-0.39, 0.29) is 29.5 Å². The molecule has 0 bridgehead atoms. The molecule has 1 aliphatic carbocycles. The van der Waals surface area contributed by atoms with Gasteiger partial charge in [-0.05, 0) is 37.5 Å². The number of carbonyl (C=O) groups excluding carboxylic acids is 1. The number of hydrogen-bond acceptors (Lipinski definition) is 2. The second-order valence-corrected chi connectivity index (χ2v) is 5.85. The third-order valence-corrected chi connectivity index (χ3v) is 4.28. The first-order chi connectivity index (χ1) is 9.53. The molecule has 5 heteroatoms. The molecular formula is C16H24ClFN2O. The lowest BCUT2D eigenvalue weighted by Crippen LogP contribution is -2.46. The molecule has 3 nitrogen and oxygen atoms in total. The normalized spacial score (nSPS) is 18.4. The van der Waals surface area contributed by atoms with Crippen molar-refractivity contribution in [3.05, 3.63) is 35.6 Å². The molecule has 2 rings (SSSR count). The second-order valence-electron chi connectivity index (χ2n) is 5.85. The Kier molecular flexibility index (Phi) is 6.62. The van der Waals surface area contributed by atoms with E-state index >= 15 is 0 Å². The molecule has 1 aromatic rings. The highest BCUT2D eigenvalue weighted by Crippen LogP contribution is 2.39. The largest absolute Gasteiger partial charge is 0.354 e. The number of nitrogens with two attached hydrogens (primary N) is 1. The van der Waals surface area contributed by atoms with Crippen molar-refractivity contribution in [3.63, 3.8) is 0 Å². The summed E-state index contributed by atoms with van der Waals surface area (Å²) in [5.74, 6) is -0.351. The van der Waals surface area contributed by atoms with Crippen molar-refractivity contribution >= 4 is 18.3 Å². The molecule has 0 spiro atoms. The summed E-state index contributed by atoms with van der Waals surface area (Å²) in [5.41, 5.74) is 6.63. The van der Waals surface area contributed by atoms with Crippen LogP contribution in [0.2, 0.25) is 0 Å². The molecular weight excluding hydrogens is 291 g/mol. The monoisotopic (exact) mass is 314 g/mol. The van der Waals surface area contributed by atoms with E-state index in [9.17, 15) is 9.18 Å². The highest BCUT2D eigenvalue weighted by atomic mass is 35.5. The molecule has 0 unspecified atom stereocenters. The quantitative estimate of drug-likeness (QED) is 0.898. The first kappa shape index (κ1) is 17.9. The predicted molar refractivity (Wildman–Crippen MR) is 85.1 cm³/mol. The van der Waals surface area contributed by atoms with Gasteiger partial charge in [-0.25, -0.2) is 4.39 Å². The van der Waals surface area contributed by atoms with Crippen molar-refractivity contribution in [2.75, 3.05) is 6.54 Å². The number of hydrogen-bond donors (Lipinski definition) is 2. The number of carbonyl (C=O) groups is 1. The van der Waals surface area contributed by atoms with Gasteiger partial charge in [0.2, 0.25) is 5.91 Å². The maximum Gasteiger partial charge on any atom is 0.236 e. The van der Waals surface area contributed by atoms with Crippen molar-refractivity contribution in [1.82, 2.24) is 5.32 Å². The Bertz CT molecular complexity index is 456. The van der Waals surface area contributed by atoms with Crippen LogP contribution in [-0.4, -0.2) is 18.5 Å². The van der Waals surface area contributed by atoms with Crippen LogP contribution >= 0.6 is 12.4 Å². The fourth-order valence-corrected chi connectivity index (χ4v) is 3.02.